The molecule has 0 aromatic heterocycles. The molecule has 0 heterocycles. The lowest BCUT2D eigenvalue weighted by Crippen LogP contribution is -2.39. The summed E-state index contributed by atoms with van der Waals surface area (Å²) in [6.45, 7) is 1.79. The lowest BCUT2D eigenvalue weighted by molar-refractivity contribution is 0.214. The van der Waals surface area contributed by atoms with Gasteiger partial charge in [0.25, 0.3) is 0 Å². The molecule has 0 bridgehead atoms. The molecule has 0 saturated heterocycles. The first-order chi connectivity index (χ1) is 8.06. The first-order valence-corrected chi connectivity index (χ1v) is 6.01. The molecule has 1 aliphatic rings. The maximum absolute atomic E-state index is 13.3. The van der Waals surface area contributed by atoms with Gasteiger partial charge in [-0.15, -0.1) is 0 Å². The van der Waals surface area contributed by atoms with Gasteiger partial charge < -0.3 is 16.2 Å². The van der Waals surface area contributed by atoms with Gasteiger partial charge in [0.2, 0.25) is 0 Å². The zero-order chi connectivity index (χ0) is 12.5. The molecule has 0 spiro atoms. The van der Waals surface area contributed by atoms with Gasteiger partial charge in [0.15, 0.2) is 0 Å². The Labute approximate surface area is 101 Å². The van der Waals surface area contributed by atoms with Crippen molar-refractivity contribution in [2.24, 2.45) is 0 Å². The number of hydrogen-bond acceptors (Lipinski definition) is 3. The van der Waals surface area contributed by atoms with E-state index in [0.29, 0.717) is 11.3 Å². The summed E-state index contributed by atoms with van der Waals surface area (Å²) in [4.78, 5) is 0. The van der Waals surface area contributed by atoms with Crippen LogP contribution >= 0.6 is 0 Å². The smallest absolute Gasteiger partial charge is 0.128 e. The highest BCUT2D eigenvalue weighted by atomic mass is 19.1. The highest BCUT2D eigenvalue weighted by molar-refractivity contribution is 5.68. The molecule has 4 heteroatoms. The third-order valence-electron chi connectivity index (χ3n) is 3.59. The Kier molecular flexibility index (Phi) is 3.24. The lowest BCUT2D eigenvalue weighted by atomic mass is 9.98. The molecule has 1 saturated carbocycles. The Morgan fingerprint density at radius 1 is 1.41 bits per heavy atom. The maximum atomic E-state index is 13.3. The van der Waals surface area contributed by atoms with Crippen LogP contribution in [0.15, 0.2) is 12.1 Å². The molecule has 0 atom stereocenters. The van der Waals surface area contributed by atoms with Crippen molar-refractivity contribution in [3.63, 3.8) is 0 Å². The number of hydrogen-bond donors (Lipinski definition) is 3. The van der Waals surface area contributed by atoms with Gasteiger partial charge in [0.1, 0.15) is 5.82 Å². The van der Waals surface area contributed by atoms with E-state index in [0.717, 1.165) is 31.4 Å². The van der Waals surface area contributed by atoms with Gasteiger partial charge in [-0.05, 0) is 37.5 Å². The third kappa shape index (κ3) is 2.36. The second kappa shape index (κ2) is 4.53. The summed E-state index contributed by atoms with van der Waals surface area (Å²) in [5.74, 6) is -0.294. The molecule has 0 unspecified atom stereocenters. The van der Waals surface area contributed by atoms with Crippen LogP contribution in [0.3, 0.4) is 0 Å². The van der Waals surface area contributed by atoms with Gasteiger partial charge >= 0.3 is 0 Å². The van der Waals surface area contributed by atoms with E-state index in [-0.39, 0.29) is 18.0 Å². The number of anilines is 2. The van der Waals surface area contributed by atoms with E-state index in [4.69, 9.17) is 5.73 Å². The Hall–Kier alpha value is -1.29. The lowest BCUT2D eigenvalue weighted by Gasteiger charge is -2.30. The minimum Gasteiger partial charge on any atom is -0.397 e. The van der Waals surface area contributed by atoms with Crippen molar-refractivity contribution in [3.05, 3.63) is 23.5 Å². The molecule has 1 aromatic carbocycles. The van der Waals surface area contributed by atoms with E-state index in [2.05, 4.69) is 5.32 Å². The number of benzene rings is 1. The van der Waals surface area contributed by atoms with Gasteiger partial charge in [-0.1, -0.05) is 12.8 Å². The van der Waals surface area contributed by atoms with Crippen LogP contribution in [0.4, 0.5) is 15.8 Å². The second-order valence-corrected chi connectivity index (χ2v) is 4.96. The molecule has 94 valence electrons. The van der Waals surface area contributed by atoms with E-state index in [9.17, 15) is 9.50 Å². The molecule has 0 amide bonds. The van der Waals surface area contributed by atoms with Crippen LogP contribution in [-0.4, -0.2) is 17.3 Å². The van der Waals surface area contributed by atoms with Crippen molar-refractivity contribution in [1.82, 2.24) is 0 Å². The fraction of sp³-hybridized carbons (Fsp3) is 0.538. The number of nitrogens with two attached hydrogens (primary N) is 1. The first-order valence-electron chi connectivity index (χ1n) is 6.01. The Morgan fingerprint density at radius 3 is 2.65 bits per heavy atom. The van der Waals surface area contributed by atoms with Gasteiger partial charge in [-0.2, -0.15) is 0 Å². The molecule has 2 rings (SSSR count). The Morgan fingerprint density at radius 2 is 2.06 bits per heavy atom. The van der Waals surface area contributed by atoms with E-state index >= 15 is 0 Å². The Balaban J connectivity index is 2.26. The standard InChI is InChI=1S/C13H19FN2O/c1-9-6-12(11(15)7-10(9)14)16-13(8-17)4-2-3-5-13/h6-7,16-17H,2-5,8,15H2,1H3. The van der Waals surface area contributed by atoms with Crippen molar-refractivity contribution in [3.8, 4) is 0 Å². The van der Waals surface area contributed by atoms with Crippen LogP contribution in [-0.2, 0) is 0 Å². The van der Waals surface area contributed by atoms with Gasteiger partial charge in [0, 0.05) is 0 Å². The number of nitrogens with one attached hydrogen (secondary N) is 1. The van der Waals surface area contributed by atoms with Crippen LogP contribution in [0, 0.1) is 12.7 Å². The monoisotopic (exact) mass is 238 g/mol. The van der Waals surface area contributed by atoms with Crippen molar-refractivity contribution in [2.75, 3.05) is 17.7 Å². The quantitative estimate of drug-likeness (QED) is 0.709. The zero-order valence-electron chi connectivity index (χ0n) is 10.1. The zero-order valence-corrected chi connectivity index (χ0v) is 10.1. The normalized spacial score (nSPS) is 18.3. The topological polar surface area (TPSA) is 58.3 Å². The second-order valence-electron chi connectivity index (χ2n) is 4.96. The van der Waals surface area contributed by atoms with Crippen molar-refractivity contribution in [1.29, 1.82) is 0 Å². The number of rotatable bonds is 3. The average Bonchev–Trinajstić information content (AvgIpc) is 2.75. The van der Waals surface area contributed by atoms with Crippen molar-refractivity contribution >= 4 is 11.4 Å². The van der Waals surface area contributed by atoms with Crippen molar-refractivity contribution < 1.29 is 9.50 Å². The van der Waals surface area contributed by atoms with Gasteiger partial charge in [0.05, 0.1) is 23.5 Å². The molecule has 17 heavy (non-hydrogen) atoms. The number of halogens is 1. The third-order valence-corrected chi connectivity index (χ3v) is 3.59. The predicted octanol–water partition coefficient (Wildman–Crippen LogP) is 2.43. The highest BCUT2D eigenvalue weighted by Gasteiger charge is 2.33. The van der Waals surface area contributed by atoms with E-state index in [1.54, 1.807) is 13.0 Å². The first kappa shape index (κ1) is 12.2. The minimum absolute atomic E-state index is 0.0862. The SMILES string of the molecule is Cc1cc(NC2(CO)CCCC2)c(N)cc1F. The molecule has 0 radical (unpaired) electrons. The van der Waals surface area contributed by atoms with E-state index in [1.807, 2.05) is 0 Å². The molecular formula is C13H19FN2O. The summed E-state index contributed by atoms with van der Waals surface area (Å²) in [7, 11) is 0. The molecule has 1 aliphatic carbocycles. The molecule has 0 aliphatic heterocycles. The summed E-state index contributed by atoms with van der Waals surface area (Å²) < 4.78 is 13.3. The minimum atomic E-state index is -0.294. The average molecular weight is 238 g/mol. The number of aliphatic hydroxyl groups excluding tert-OH is 1. The Bertz CT molecular complexity index is 414. The van der Waals surface area contributed by atoms with Gasteiger partial charge in [-0.3, -0.25) is 0 Å². The van der Waals surface area contributed by atoms with E-state index < -0.39 is 0 Å². The van der Waals surface area contributed by atoms with Crippen LogP contribution in [0.1, 0.15) is 31.2 Å². The van der Waals surface area contributed by atoms with Crippen LogP contribution in [0.2, 0.25) is 0 Å². The predicted molar refractivity (Wildman–Crippen MR) is 67.5 cm³/mol. The summed E-state index contributed by atoms with van der Waals surface area (Å²) >= 11 is 0. The summed E-state index contributed by atoms with van der Waals surface area (Å²) in [5.41, 5.74) is 7.20. The summed E-state index contributed by atoms with van der Waals surface area (Å²) in [6.07, 6.45) is 4.07. The molecule has 3 nitrogen and oxygen atoms in total. The maximum Gasteiger partial charge on any atom is 0.128 e. The largest absolute Gasteiger partial charge is 0.397 e. The molecule has 4 N–H and O–H groups in total. The summed E-state index contributed by atoms with van der Waals surface area (Å²) in [5, 5.41) is 12.8. The van der Waals surface area contributed by atoms with E-state index in [1.165, 1.54) is 6.07 Å². The highest BCUT2D eigenvalue weighted by Crippen LogP contribution is 2.35. The number of aryl methyl sites for hydroxylation is 1. The van der Waals surface area contributed by atoms with Crippen LogP contribution in [0.5, 0.6) is 0 Å². The fourth-order valence-corrected chi connectivity index (χ4v) is 2.47. The molecule has 1 aromatic rings. The fourth-order valence-electron chi connectivity index (χ4n) is 2.47. The van der Waals surface area contributed by atoms with Gasteiger partial charge in [-0.25, -0.2) is 4.39 Å². The van der Waals surface area contributed by atoms with Crippen LogP contribution in [0.25, 0.3) is 0 Å². The number of nitrogen functional groups attached to an aromatic ring is 1. The summed E-state index contributed by atoms with van der Waals surface area (Å²) in [6, 6.07) is 3.04. The molecular weight excluding hydrogens is 219 g/mol. The van der Waals surface area contributed by atoms with Crippen LogP contribution < -0.4 is 11.1 Å². The number of aliphatic hydroxyl groups is 1. The van der Waals surface area contributed by atoms with Crippen molar-refractivity contribution in [2.45, 2.75) is 38.1 Å². The molecule has 1 fully saturated rings.